The molecule has 2 rings (SSSR count). The first-order valence-corrected chi connectivity index (χ1v) is 6.45. The van der Waals surface area contributed by atoms with Gasteiger partial charge in [-0.15, -0.1) is 0 Å². The van der Waals surface area contributed by atoms with E-state index in [2.05, 4.69) is 5.43 Å². The lowest BCUT2D eigenvalue weighted by molar-refractivity contribution is 0.161. The highest BCUT2D eigenvalue weighted by atomic mass is 35.5. The van der Waals surface area contributed by atoms with Crippen LogP contribution in [0.4, 0.5) is 0 Å². The molecule has 3 N–H and O–H groups in total. The van der Waals surface area contributed by atoms with Crippen LogP contribution in [-0.4, -0.2) is 12.1 Å². The minimum absolute atomic E-state index is 0.0408. The van der Waals surface area contributed by atoms with Gasteiger partial charge in [0.25, 0.3) is 0 Å². The third-order valence-corrected chi connectivity index (χ3v) is 3.42. The molecule has 1 saturated carbocycles. The van der Waals surface area contributed by atoms with Crippen LogP contribution in [0.5, 0.6) is 5.75 Å². The Hall–Kier alpha value is -0.770. The van der Waals surface area contributed by atoms with Gasteiger partial charge in [-0.05, 0) is 37.5 Å². The Morgan fingerprint density at radius 3 is 2.88 bits per heavy atom. The lowest BCUT2D eigenvalue weighted by Crippen LogP contribution is -2.45. The summed E-state index contributed by atoms with van der Waals surface area (Å²) in [5, 5.41) is 0.689. The maximum Gasteiger partial charge on any atom is 0.121 e. The van der Waals surface area contributed by atoms with E-state index in [0.29, 0.717) is 5.02 Å². The molecule has 0 bridgehead atoms. The summed E-state index contributed by atoms with van der Waals surface area (Å²) in [6, 6.07) is 7.65. The molecule has 1 aliphatic rings. The van der Waals surface area contributed by atoms with Gasteiger partial charge in [-0.1, -0.05) is 30.5 Å². The van der Waals surface area contributed by atoms with Crippen molar-refractivity contribution in [3.05, 3.63) is 29.3 Å². The van der Waals surface area contributed by atoms with Crippen molar-refractivity contribution < 1.29 is 4.74 Å². The predicted octanol–water partition coefficient (Wildman–Crippen LogP) is 2.74. The molecule has 17 heavy (non-hydrogen) atoms. The molecule has 0 spiro atoms. The summed E-state index contributed by atoms with van der Waals surface area (Å²) < 4.78 is 5.85. The minimum atomic E-state index is 0.0408. The van der Waals surface area contributed by atoms with E-state index in [1.807, 2.05) is 31.2 Å². The van der Waals surface area contributed by atoms with Crippen molar-refractivity contribution in [3.8, 4) is 5.75 Å². The van der Waals surface area contributed by atoms with Gasteiger partial charge in [-0.2, -0.15) is 0 Å². The van der Waals surface area contributed by atoms with E-state index < -0.39 is 0 Å². The second kappa shape index (κ2) is 5.71. The first kappa shape index (κ1) is 12.7. The molecule has 0 amide bonds. The average Bonchev–Trinajstić information content (AvgIpc) is 3.09. The number of halogens is 1. The van der Waals surface area contributed by atoms with Crippen LogP contribution >= 0.6 is 11.6 Å². The molecule has 1 aromatic rings. The summed E-state index contributed by atoms with van der Waals surface area (Å²) in [5.41, 5.74) is 2.85. The Bertz CT molecular complexity index is 368. The Labute approximate surface area is 107 Å². The molecule has 1 aliphatic carbocycles. The van der Waals surface area contributed by atoms with Crippen molar-refractivity contribution in [2.75, 3.05) is 0 Å². The van der Waals surface area contributed by atoms with Gasteiger partial charge in [0, 0.05) is 5.02 Å². The van der Waals surface area contributed by atoms with E-state index in [1.54, 1.807) is 0 Å². The number of benzene rings is 1. The molecule has 0 aliphatic heterocycles. The maximum atomic E-state index is 5.92. The number of rotatable bonds is 6. The van der Waals surface area contributed by atoms with E-state index in [0.717, 1.165) is 18.1 Å². The first-order chi connectivity index (χ1) is 8.19. The van der Waals surface area contributed by atoms with Crippen LogP contribution in [-0.2, 0) is 0 Å². The SMILES string of the molecule is CC(Oc1cccc(Cl)c1)C(CC1CC1)NN. The number of hydrogen-bond acceptors (Lipinski definition) is 3. The quantitative estimate of drug-likeness (QED) is 0.606. The van der Waals surface area contributed by atoms with Crippen LogP contribution in [0.25, 0.3) is 0 Å². The normalized spacial score (nSPS) is 18.8. The minimum Gasteiger partial charge on any atom is -0.489 e. The van der Waals surface area contributed by atoms with Gasteiger partial charge in [0.05, 0.1) is 6.04 Å². The average molecular weight is 255 g/mol. The molecule has 0 radical (unpaired) electrons. The molecule has 4 heteroatoms. The van der Waals surface area contributed by atoms with Crippen LogP contribution in [0.1, 0.15) is 26.2 Å². The van der Waals surface area contributed by atoms with Crippen LogP contribution in [0, 0.1) is 5.92 Å². The summed E-state index contributed by atoms with van der Waals surface area (Å²) in [7, 11) is 0. The summed E-state index contributed by atoms with van der Waals surface area (Å²) in [4.78, 5) is 0. The summed E-state index contributed by atoms with van der Waals surface area (Å²) >= 11 is 5.92. The standard InChI is InChI=1S/C13H19ClN2O/c1-9(13(16-15)7-10-5-6-10)17-12-4-2-3-11(14)8-12/h2-4,8-10,13,16H,5-7,15H2,1H3. The number of nitrogens with two attached hydrogens (primary N) is 1. The molecule has 0 aromatic heterocycles. The molecule has 3 nitrogen and oxygen atoms in total. The molecular weight excluding hydrogens is 236 g/mol. The Morgan fingerprint density at radius 2 is 2.29 bits per heavy atom. The fraction of sp³-hybridized carbons (Fsp3) is 0.538. The number of nitrogens with one attached hydrogen (secondary N) is 1. The largest absolute Gasteiger partial charge is 0.489 e. The fourth-order valence-corrected chi connectivity index (χ4v) is 2.13. The molecule has 1 fully saturated rings. The first-order valence-electron chi connectivity index (χ1n) is 6.07. The lowest BCUT2D eigenvalue weighted by atomic mass is 10.1. The highest BCUT2D eigenvalue weighted by molar-refractivity contribution is 6.30. The molecule has 1 aromatic carbocycles. The van der Waals surface area contributed by atoms with Crippen LogP contribution in [0.15, 0.2) is 24.3 Å². The van der Waals surface area contributed by atoms with Crippen LogP contribution < -0.4 is 16.0 Å². The van der Waals surface area contributed by atoms with Crippen molar-refractivity contribution >= 4 is 11.6 Å². The van der Waals surface area contributed by atoms with Gasteiger partial charge in [-0.25, -0.2) is 0 Å². The van der Waals surface area contributed by atoms with E-state index in [1.165, 1.54) is 12.8 Å². The van der Waals surface area contributed by atoms with Crippen molar-refractivity contribution in [1.82, 2.24) is 5.43 Å². The lowest BCUT2D eigenvalue weighted by Gasteiger charge is -2.24. The summed E-state index contributed by atoms with van der Waals surface area (Å²) in [6.45, 7) is 2.04. The number of hydrazine groups is 1. The molecule has 94 valence electrons. The zero-order valence-electron chi connectivity index (χ0n) is 10.0. The Kier molecular flexibility index (Phi) is 4.26. The van der Waals surface area contributed by atoms with Crippen LogP contribution in [0.3, 0.4) is 0 Å². The highest BCUT2D eigenvalue weighted by Gasteiger charge is 2.28. The zero-order valence-corrected chi connectivity index (χ0v) is 10.8. The second-order valence-corrected chi connectivity index (χ2v) is 5.17. The zero-order chi connectivity index (χ0) is 12.3. The summed E-state index contributed by atoms with van der Waals surface area (Å²) in [6.07, 6.45) is 3.77. The molecule has 0 saturated heterocycles. The van der Waals surface area contributed by atoms with Gasteiger partial charge in [0.15, 0.2) is 0 Å². The Morgan fingerprint density at radius 1 is 1.53 bits per heavy atom. The molecule has 2 atom stereocenters. The van der Waals surface area contributed by atoms with Gasteiger partial charge < -0.3 is 4.74 Å². The van der Waals surface area contributed by atoms with E-state index in [4.69, 9.17) is 22.2 Å². The predicted molar refractivity (Wildman–Crippen MR) is 70.0 cm³/mol. The smallest absolute Gasteiger partial charge is 0.121 e. The third kappa shape index (κ3) is 3.87. The number of hydrogen-bond donors (Lipinski definition) is 2. The second-order valence-electron chi connectivity index (χ2n) is 4.73. The maximum absolute atomic E-state index is 5.92. The molecule has 0 heterocycles. The van der Waals surface area contributed by atoms with E-state index in [-0.39, 0.29) is 12.1 Å². The van der Waals surface area contributed by atoms with Crippen molar-refractivity contribution in [3.63, 3.8) is 0 Å². The fourth-order valence-electron chi connectivity index (χ4n) is 1.94. The molecular formula is C13H19ClN2O. The van der Waals surface area contributed by atoms with Gasteiger partial charge in [0.1, 0.15) is 11.9 Å². The van der Waals surface area contributed by atoms with Gasteiger partial charge in [-0.3, -0.25) is 11.3 Å². The van der Waals surface area contributed by atoms with Crippen LogP contribution in [0.2, 0.25) is 5.02 Å². The van der Waals surface area contributed by atoms with E-state index in [9.17, 15) is 0 Å². The third-order valence-electron chi connectivity index (χ3n) is 3.18. The molecule has 2 unspecified atom stereocenters. The van der Waals surface area contributed by atoms with E-state index >= 15 is 0 Å². The number of ether oxygens (including phenoxy) is 1. The van der Waals surface area contributed by atoms with Gasteiger partial charge >= 0.3 is 0 Å². The van der Waals surface area contributed by atoms with Gasteiger partial charge in [0.2, 0.25) is 0 Å². The Balaban J connectivity index is 1.91. The van der Waals surface area contributed by atoms with Crippen molar-refractivity contribution in [1.29, 1.82) is 0 Å². The van der Waals surface area contributed by atoms with Crippen molar-refractivity contribution in [2.45, 2.75) is 38.3 Å². The summed E-state index contributed by atoms with van der Waals surface area (Å²) in [5.74, 6) is 7.19. The monoisotopic (exact) mass is 254 g/mol. The topological polar surface area (TPSA) is 47.3 Å². The van der Waals surface area contributed by atoms with Crippen molar-refractivity contribution in [2.24, 2.45) is 11.8 Å². The highest BCUT2D eigenvalue weighted by Crippen LogP contribution is 2.34.